The van der Waals surface area contributed by atoms with Crippen LogP contribution in [-0.2, 0) is 0 Å². The van der Waals surface area contributed by atoms with Gasteiger partial charge in [0, 0.05) is 18.1 Å². The van der Waals surface area contributed by atoms with Crippen LogP contribution in [0.2, 0.25) is 0 Å². The standard InChI is InChI=1S/C19H38N2/c1-4-18-10-6-5-7-14-21(18)19(15-20)12-8-9-17(11-13-19)16(2)3/h16-18H,4-15,20H2,1-3H3. The number of rotatable bonds is 4. The van der Waals surface area contributed by atoms with E-state index in [4.69, 9.17) is 5.73 Å². The highest BCUT2D eigenvalue weighted by Crippen LogP contribution is 2.39. The van der Waals surface area contributed by atoms with Crippen molar-refractivity contribution in [2.24, 2.45) is 17.6 Å². The molecule has 1 saturated carbocycles. The van der Waals surface area contributed by atoms with E-state index in [2.05, 4.69) is 25.7 Å². The Balaban J connectivity index is 2.14. The third kappa shape index (κ3) is 4.01. The lowest BCUT2D eigenvalue weighted by Gasteiger charge is -2.47. The van der Waals surface area contributed by atoms with Crippen molar-refractivity contribution >= 4 is 0 Å². The van der Waals surface area contributed by atoms with Gasteiger partial charge in [0.15, 0.2) is 0 Å². The molecule has 1 aliphatic carbocycles. The number of nitrogens with two attached hydrogens (primary N) is 1. The summed E-state index contributed by atoms with van der Waals surface area (Å²) in [7, 11) is 0. The topological polar surface area (TPSA) is 29.3 Å². The molecular formula is C19H38N2. The van der Waals surface area contributed by atoms with E-state index >= 15 is 0 Å². The van der Waals surface area contributed by atoms with Crippen molar-refractivity contribution in [1.29, 1.82) is 0 Å². The number of nitrogens with zero attached hydrogens (tertiary/aromatic N) is 1. The quantitative estimate of drug-likeness (QED) is 0.769. The fourth-order valence-electron chi connectivity index (χ4n) is 4.92. The number of hydrogen-bond donors (Lipinski definition) is 1. The molecule has 2 fully saturated rings. The van der Waals surface area contributed by atoms with Gasteiger partial charge in [-0.15, -0.1) is 0 Å². The molecular weight excluding hydrogens is 256 g/mol. The first-order valence-corrected chi connectivity index (χ1v) is 9.60. The monoisotopic (exact) mass is 294 g/mol. The Bertz CT molecular complexity index is 302. The Morgan fingerprint density at radius 3 is 2.52 bits per heavy atom. The Hall–Kier alpha value is -0.0800. The second-order valence-corrected chi connectivity index (χ2v) is 7.97. The maximum atomic E-state index is 6.39. The molecule has 2 heteroatoms. The van der Waals surface area contributed by atoms with E-state index in [9.17, 15) is 0 Å². The second kappa shape index (κ2) is 7.97. The van der Waals surface area contributed by atoms with Crippen molar-refractivity contribution in [2.45, 2.75) is 96.6 Å². The van der Waals surface area contributed by atoms with Crippen LogP contribution in [0.15, 0.2) is 0 Å². The average Bonchev–Trinajstić information content (AvgIpc) is 2.85. The van der Waals surface area contributed by atoms with Crippen LogP contribution in [0.5, 0.6) is 0 Å². The number of likely N-dealkylation sites (tertiary alicyclic amines) is 1. The summed E-state index contributed by atoms with van der Waals surface area (Å²) in [6.07, 6.45) is 13.8. The zero-order valence-electron chi connectivity index (χ0n) is 14.7. The Labute approximate surface area is 132 Å². The van der Waals surface area contributed by atoms with Crippen molar-refractivity contribution in [3.63, 3.8) is 0 Å². The molecule has 21 heavy (non-hydrogen) atoms. The van der Waals surface area contributed by atoms with Gasteiger partial charge in [0.05, 0.1) is 0 Å². The van der Waals surface area contributed by atoms with E-state index in [1.54, 1.807) is 0 Å². The molecule has 124 valence electrons. The Morgan fingerprint density at radius 2 is 1.86 bits per heavy atom. The van der Waals surface area contributed by atoms with E-state index in [0.717, 1.165) is 24.4 Å². The summed E-state index contributed by atoms with van der Waals surface area (Å²) >= 11 is 0. The van der Waals surface area contributed by atoms with Gasteiger partial charge in [-0.05, 0) is 56.9 Å². The summed E-state index contributed by atoms with van der Waals surface area (Å²) in [4.78, 5) is 2.88. The first-order chi connectivity index (χ1) is 10.1. The van der Waals surface area contributed by atoms with Crippen molar-refractivity contribution < 1.29 is 0 Å². The van der Waals surface area contributed by atoms with Crippen LogP contribution in [0, 0.1) is 11.8 Å². The molecule has 3 unspecified atom stereocenters. The van der Waals surface area contributed by atoms with E-state index in [1.165, 1.54) is 70.8 Å². The minimum absolute atomic E-state index is 0.314. The lowest BCUT2D eigenvalue weighted by molar-refractivity contribution is 0.0338. The van der Waals surface area contributed by atoms with Crippen molar-refractivity contribution in [1.82, 2.24) is 4.90 Å². The van der Waals surface area contributed by atoms with Gasteiger partial charge in [-0.3, -0.25) is 4.90 Å². The Kier molecular flexibility index (Phi) is 6.55. The lowest BCUT2D eigenvalue weighted by Crippen LogP contribution is -2.57. The van der Waals surface area contributed by atoms with Crippen LogP contribution < -0.4 is 5.73 Å². The minimum Gasteiger partial charge on any atom is -0.329 e. The van der Waals surface area contributed by atoms with Crippen LogP contribution in [0.25, 0.3) is 0 Å². The SMILES string of the molecule is CCC1CCCCCN1C1(CN)CCCC(C(C)C)CC1. The molecule has 0 aromatic rings. The molecule has 2 nitrogen and oxygen atoms in total. The summed E-state index contributed by atoms with van der Waals surface area (Å²) in [6, 6.07) is 0.784. The summed E-state index contributed by atoms with van der Waals surface area (Å²) in [6.45, 7) is 9.35. The van der Waals surface area contributed by atoms with E-state index in [1.807, 2.05) is 0 Å². The highest BCUT2D eigenvalue weighted by Gasteiger charge is 2.40. The maximum Gasteiger partial charge on any atom is 0.0334 e. The van der Waals surface area contributed by atoms with E-state index in [-0.39, 0.29) is 0 Å². The third-order valence-corrected chi connectivity index (χ3v) is 6.48. The fraction of sp³-hybridized carbons (Fsp3) is 1.00. The molecule has 0 aromatic carbocycles. The molecule has 1 saturated heterocycles. The van der Waals surface area contributed by atoms with Crippen molar-refractivity contribution in [2.75, 3.05) is 13.1 Å². The van der Waals surface area contributed by atoms with Crippen LogP contribution in [0.4, 0.5) is 0 Å². The van der Waals surface area contributed by atoms with Gasteiger partial charge < -0.3 is 5.73 Å². The average molecular weight is 295 g/mol. The van der Waals surface area contributed by atoms with Gasteiger partial charge >= 0.3 is 0 Å². The summed E-state index contributed by atoms with van der Waals surface area (Å²) in [5.74, 6) is 1.76. The van der Waals surface area contributed by atoms with E-state index < -0.39 is 0 Å². The molecule has 0 spiro atoms. The predicted octanol–water partition coefficient (Wildman–Crippen LogP) is 4.57. The van der Waals surface area contributed by atoms with Crippen LogP contribution in [0.1, 0.15) is 85.0 Å². The van der Waals surface area contributed by atoms with Crippen LogP contribution in [-0.4, -0.2) is 29.6 Å². The van der Waals surface area contributed by atoms with Gasteiger partial charge in [-0.25, -0.2) is 0 Å². The minimum atomic E-state index is 0.314. The molecule has 2 N–H and O–H groups in total. The van der Waals surface area contributed by atoms with Gasteiger partial charge in [0.25, 0.3) is 0 Å². The highest BCUT2D eigenvalue weighted by molar-refractivity contribution is 4.97. The molecule has 1 heterocycles. The van der Waals surface area contributed by atoms with Gasteiger partial charge in [-0.2, -0.15) is 0 Å². The first-order valence-electron chi connectivity index (χ1n) is 9.60. The third-order valence-electron chi connectivity index (χ3n) is 6.48. The zero-order valence-corrected chi connectivity index (χ0v) is 14.7. The molecule has 0 amide bonds. The summed E-state index contributed by atoms with van der Waals surface area (Å²) in [5.41, 5.74) is 6.70. The molecule has 2 aliphatic rings. The van der Waals surface area contributed by atoms with Crippen LogP contribution >= 0.6 is 0 Å². The smallest absolute Gasteiger partial charge is 0.0334 e. The van der Waals surface area contributed by atoms with Crippen molar-refractivity contribution in [3.8, 4) is 0 Å². The molecule has 0 radical (unpaired) electrons. The first kappa shape index (κ1) is 17.3. The second-order valence-electron chi connectivity index (χ2n) is 7.97. The Morgan fingerprint density at radius 1 is 1.05 bits per heavy atom. The fourth-order valence-corrected chi connectivity index (χ4v) is 4.92. The predicted molar refractivity (Wildman–Crippen MR) is 92.5 cm³/mol. The molecule has 0 bridgehead atoms. The molecule has 2 rings (SSSR count). The maximum absolute atomic E-state index is 6.39. The lowest BCUT2D eigenvalue weighted by atomic mass is 9.84. The van der Waals surface area contributed by atoms with E-state index in [0.29, 0.717) is 5.54 Å². The number of hydrogen-bond acceptors (Lipinski definition) is 2. The largest absolute Gasteiger partial charge is 0.329 e. The van der Waals surface area contributed by atoms with Gasteiger partial charge in [-0.1, -0.05) is 46.5 Å². The summed E-state index contributed by atoms with van der Waals surface area (Å²) in [5, 5.41) is 0. The van der Waals surface area contributed by atoms with Gasteiger partial charge in [0.2, 0.25) is 0 Å². The highest BCUT2D eigenvalue weighted by atomic mass is 15.2. The zero-order chi connectivity index (χ0) is 15.3. The molecule has 0 aromatic heterocycles. The molecule has 3 atom stereocenters. The normalized spacial score (nSPS) is 36.4. The summed E-state index contributed by atoms with van der Waals surface area (Å²) < 4.78 is 0. The van der Waals surface area contributed by atoms with Gasteiger partial charge in [0.1, 0.15) is 0 Å². The van der Waals surface area contributed by atoms with Crippen molar-refractivity contribution in [3.05, 3.63) is 0 Å². The molecule has 1 aliphatic heterocycles. The van der Waals surface area contributed by atoms with Crippen LogP contribution in [0.3, 0.4) is 0 Å².